The monoisotopic (exact) mass is 683 g/mol. The van der Waals surface area contributed by atoms with E-state index in [4.69, 9.17) is 10.1 Å². The van der Waals surface area contributed by atoms with E-state index in [9.17, 15) is 10.1 Å². The summed E-state index contributed by atoms with van der Waals surface area (Å²) in [7, 11) is 0. The van der Waals surface area contributed by atoms with Crippen LogP contribution in [-0.2, 0) is 0 Å². The Morgan fingerprint density at radius 1 is 0.918 bits per heavy atom. The van der Waals surface area contributed by atoms with Gasteiger partial charge in [-0.15, -0.1) is 0 Å². The quantitative estimate of drug-likeness (QED) is 0.0927. The van der Waals surface area contributed by atoms with E-state index in [-0.39, 0.29) is 17.0 Å². The molecule has 0 aliphatic rings. The Bertz CT molecular complexity index is 1750. The van der Waals surface area contributed by atoms with Gasteiger partial charge in [0.2, 0.25) is 0 Å². The predicted octanol–water partition coefficient (Wildman–Crippen LogP) is 9.28. The van der Waals surface area contributed by atoms with Gasteiger partial charge in [0.05, 0.1) is 21.7 Å². The number of nitriles is 1. The molecule has 8 heteroatoms. The van der Waals surface area contributed by atoms with Crippen LogP contribution >= 0.6 is 11.3 Å². The fourth-order valence-corrected chi connectivity index (χ4v) is 7.97. The van der Waals surface area contributed by atoms with E-state index in [1.54, 1.807) is 11.3 Å². The molecular weight excluding hydrogens is 625 g/mol. The maximum atomic E-state index is 13.5. The molecule has 0 saturated heterocycles. The summed E-state index contributed by atoms with van der Waals surface area (Å²) in [6.07, 6.45) is 16.0. The number of anilines is 1. The van der Waals surface area contributed by atoms with Crippen molar-refractivity contribution in [2.45, 2.75) is 131 Å². The molecule has 0 spiro atoms. The van der Waals surface area contributed by atoms with Crippen LogP contribution in [0, 0.1) is 30.1 Å². The zero-order valence-corrected chi connectivity index (χ0v) is 32.0. The van der Waals surface area contributed by atoms with Crippen LogP contribution in [0.5, 0.6) is 0 Å². The van der Waals surface area contributed by atoms with E-state index >= 15 is 0 Å². The number of rotatable bonds is 20. The average molecular weight is 684 g/mol. The molecule has 4 rings (SSSR count). The zero-order chi connectivity index (χ0) is 35.3. The molecule has 7 nitrogen and oxygen atoms in total. The van der Waals surface area contributed by atoms with Crippen molar-refractivity contribution in [2.75, 3.05) is 18.0 Å². The van der Waals surface area contributed by atoms with Gasteiger partial charge in [-0.1, -0.05) is 135 Å². The van der Waals surface area contributed by atoms with Gasteiger partial charge < -0.3 is 4.90 Å². The van der Waals surface area contributed by atoms with Gasteiger partial charge in [-0.2, -0.15) is 5.26 Å². The molecule has 1 N–H and O–H groups in total. The number of aromatic nitrogens is 4. The number of benzene rings is 1. The van der Waals surface area contributed by atoms with Crippen molar-refractivity contribution < 1.29 is 4.98 Å². The third-order valence-corrected chi connectivity index (χ3v) is 11.3. The Labute approximate surface area is 298 Å². The molecule has 0 fully saturated rings. The van der Waals surface area contributed by atoms with Gasteiger partial charge in [0.1, 0.15) is 11.6 Å². The standard InChI is InChI=1S/C41H58N6OS/c1-8-14-20-30(11-4)27-46(28-31(12-5)21-15-9-2)41-43-37(33-23-18-17-19-24-33)36(49-41)25-34-29(7)35(26-42)40(48)47-39(34)44-38(45-47)32(13-6)22-16-10-3/h17-19,23-25,30-32H,8-16,20-22,27-28H2,1-7H3/p+1/b34-25+. The Kier molecular flexibility index (Phi) is 14.8. The largest absolute Gasteiger partial charge is 0.361 e. The third-order valence-electron chi connectivity index (χ3n) is 10.3. The van der Waals surface area contributed by atoms with Crippen molar-refractivity contribution in [2.24, 2.45) is 11.8 Å². The van der Waals surface area contributed by atoms with Crippen molar-refractivity contribution in [3.05, 3.63) is 67.7 Å². The molecule has 0 aliphatic carbocycles. The fourth-order valence-electron chi connectivity index (χ4n) is 6.92. The highest BCUT2D eigenvalue weighted by molar-refractivity contribution is 7.16. The SMILES string of the molecule is CCCCC(CC)CN(CC(CC)CCCC)c1nc(-c2ccccc2)c(/C=c2\c(C)c(C#N)c(=O)n3nc(C(CC)CCCC)[nH+]c23)s1. The number of unbranched alkanes of at least 4 members (excludes halogenated alkanes) is 3. The topological polar surface area (TPSA) is 88.4 Å². The summed E-state index contributed by atoms with van der Waals surface area (Å²) in [4.78, 5) is 26.1. The number of hydrogen-bond donors (Lipinski definition) is 0. The smallest absolute Gasteiger partial charge is 0.348 e. The maximum absolute atomic E-state index is 13.5. The first-order chi connectivity index (χ1) is 23.8. The second-order valence-corrected chi connectivity index (χ2v) is 14.8. The highest BCUT2D eigenvalue weighted by Crippen LogP contribution is 2.36. The number of H-pyrrole nitrogens is 1. The summed E-state index contributed by atoms with van der Waals surface area (Å²) in [5.74, 6) is 2.26. The first kappa shape index (κ1) is 38.2. The molecule has 4 aromatic rings. The van der Waals surface area contributed by atoms with Gasteiger partial charge in [0, 0.05) is 23.8 Å². The molecule has 0 aliphatic heterocycles. The van der Waals surface area contributed by atoms with Crippen molar-refractivity contribution >= 4 is 28.2 Å². The molecule has 3 heterocycles. The summed E-state index contributed by atoms with van der Waals surface area (Å²) in [6.45, 7) is 17.5. The van der Waals surface area contributed by atoms with Crippen LogP contribution in [-0.4, -0.2) is 27.7 Å². The Morgan fingerprint density at radius 2 is 1.53 bits per heavy atom. The summed E-state index contributed by atoms with van der Waals surface area (Å²) in [6, 6.07) is 12.6. The highest BCUT2D eigenvalue weighted by atomic mass is 32.1. The summed E-state index contributed by atoms with van der Waals surface area (Å²) >= 11 is 1.73. The van der Waals surface area contributed by atoms with Crippen molar-refractivity contribution in [3.8, 4) is 17.3 Å². The Balaban J connectivity index is 1.95. The summed E-state index contributed by atoms with van der Waals surface area (Å²) < 4.78 is 1.43. The summed E-state index contributed by atoms with van der Waals surface area (Å²) in [5, 5.41) is 16.8. The Morgan fingerprint density at radius 3 is 2.08 bits per heavy atom. The average Bonchev–Trinajstić information content (AvgIpc) is 3.76. The minimum absolute atomic E-state index is 0.138. The van der Waals surface area contributed by atoms with E-state index in [2.05, 4.69) is 87.8 Å². The summed E-state index contributed by atoms with van der Waals surface area (Å²) in [5.41, 5.74) is 3.09. The zero-order valence-electron chi connectivity index (χ0n) is 31.1. The van der Waals surface area contributed by atoms with E-state index in [0.717, 1.165) is 83.9 Å². The van der Waals surface area contributed by atoms with Crippen LogP contribution < -0.4 is 20.7 Å². The molecule has 0 saturated carbocycles. The first-order valence-electron chi connectivity index (χ1n) is 19.0. The van der Waals surface area contributed by atoms with Gasteiger partial charge in [-0.05, 0) is 60.6 Å². The van der Waals surface area contributed by atoms with Gasteiger partial charge in [0.25, 0.3) is 11.5 Å². The van der Waals surface area contributed by atoms with E-state index in [1.807, 2.05) is 13.0 Å². The lowest BCUT2D eigenvalue weighted by atomic mass is 9.96. The normalized spacial score (nSPS) is 13.9. The van der Waals surface area contributed by atoms with Crippen molar-refractivity contribution in [1.82, 2.24) is 14.6 Å². The van der Waals surface area contributed by atoms with Crippen LogP contribution in [0.1, 0.15) is 146 Å². The number of fused-ring (bicyclic) bond motifs is 1. The number of hydrogen-bond acceptors (Lipinski definition) is 6. The van der Waals surface area contributed by atoms with Crippen LogP contribution in [0.3, 0.4) is 0 Å². The molecule has 49 heavy (non-hydrogen) atoms. The van der Waals surface area contributed by atoms with E-state index in [0.29, 0.717) is 23.0 Å². The Hall–Kier alpha value is -3.57. The minimum atomic E-state index is -0.366. The van der Waals surface area contributed by atoms with Gasteiger partial charge >= 0.3 is 5.56 Å². The molecule has 3 atom stereocenters. The van der Waals surface area contributed by atoms with E-state index < -0.39 is 0 Å². The van der Waals surface area contributed by atoms with Crippen LogP contribution in [0.25, 0.3) is 23.0 Å². The van der Waals surface area contributed by atoms with Crippen molar-refractivity contribution in [1.29, 1.82) is 5.26 Å². The highest BCUT2D eigenvalue weighted by Gasteiger charge is 2.27. The molecule has 3 unspecified atom stereocenters. The first-order valence-corrected chi connectivity index (χ1v) is 19.9. The minimum Gasteiger partial charge on any atom is -0.348 e. The van der Waals surface area contributed by atoms with Crippen molar-refractivity contribution in [3.63, 3.8) is 0 Å². The molecular formula is C41H59N6OS+. The molecule has 1 aromatic carbocycles. The van der Waals surface area contributed by atoms with Gasteiger partial charge in [-0.3, -0.25) is 0 Å². The van der Waals surface area contributed by atoms with Crippen LogP contribution in [0.4, 0.5) is 5.13 Å². The third kappa shape index (κ3) is 9.36. The number of nitrogens with zero attached hydrogens (tertiary/aromatic N) is 5. The number of thiazole rings is 1. The maximum Gasteiger partial charge on any atom is 0.361 e. The lowest BCUT2D eigenvalue weighted by Crippen LogP contribution is -2.34. The van der Waals surface area contributed by atoms with Crippen LogP contribution in [0.15, 0.2) is 35.1 Å². The molecule has 0 amide bonds. The van der Waals surface area contributed by atoms with Gasteiger partial charge in [0.15, 0.2) is 5.13 Å². The second kappa shape index (κ2) is 19.0. The van der Waals surface area contributed by atoms with Gasteiger partial charge in [-0.25, -0.2) is 14.8 Å². The molecule has 0 radical (unpaired) electrons. The number of nitrogens with one attached hydrogen (secondary N) is 1. The molecule has 264 valence electrons. The predicted molar refractivity (Wildman–Crippen MR) is 205 cm³/mol. The lowest BCUT2D eigenvalue weighted by Gasteiger charge is -2.30. The van der Waals surface area contributed by atoms with Crippen LogP contribution in [0.2, 0.25) is 0 Å². The second-order valence-electron chi connectivity index (χ2n) is 13.8. The molecule has 0 bridgehead atoms. The number of pyridine rings is 1. The van der Waals surface area contributed by atoms with E-state index in [1.165, 1.54) is 43.0 Å². The number of aromatic amines is 1. The lowest BCUT2D eigenvalue weighted by molar-refractivity contribution is -0.363. The molecule has 3 aromatic heterocycles. The fraction of sp³-hybridized carbons (Fsp3) is 0.585.